The van der Waals surface area contributed by atoms with Gasteiger partial charge in [-0.15, -0.1) is 0 Å². The van der Waals surface area contributed by atoms with Crippen LogP contribution < -0.4 is 0 Å². The van der Waals surface area contributed by atoms with Gasteiger partial charge in [0.15, 0.2) is 12.4 Å². The van der Waals surface area contributed by atoms with Gasteiger partial charge in [-0.3, -0.25) is 4.79 Å². The van der Waals surface area contributed by atoms with Crippen LogP contribution in [0.25, 0.3) is 0 Å². The maximum atomic E-state index is 9.95. The largest absolute Gasteiger partial charge is 0.384 e. The molecule has 0 radical (unpaired) electrons. The van der Waals surface area contributed by atoms with Gasteiger partial charge in [-0.1, -0.05) is 5.16 Å². The lowest BCUT2D eigenvalue weighted by molar-refractivity contribution is -0.116. The van der Waals surface area contributed by atoms with Crippen LogP contribution in [0.4, 0.5) is 0 Å². The number of rotatable bonds is 1. The van der Waals surface area contributed by atoms with Gasteiger partial charge < -0.3 is 4.84 Å². The minimum Gasteiger partial charge on any atom is -0.384 e. The second-order valence-electron chi connectivity index (χ2n) is 1.81. The van der Waals surface area contributed by atoms with Gasteiger partial charge in [-0.05, 0) is 6.92 Å². The van der Waals surface area contributed by atoms with E-state index in [0.29, 0.717) is 6.42 Å². The Morgan fingerprint density at radius 1 is 2.00 bits per heavy atom. The molecule has 0 aliphatic carbocycles. The summed E-state index contributed by atoms with van der Waals surface area (Å²) in [5.41, 5.74) is 0.891. The molecule has 0 saturated heterocycles. The molecule has 0 bridgehead atoms. The minimum atomic E-state index is -0.310. The van der Waals surface area contributed by atoms with Gasteiger partial charge in [-0.25, -0.2) is 0 Å². The maximum Gasteiger partial charge on any atom is 0.187 e. The van der Waals surface area contributed by atoms with Crippen molar-refractivity contribution in [2.45, 2.75) is 19.4 Å². The molecule has 1 heterocycles. The highest BCUT2D eigenvalue weighted by atomic mass is 16.6. The number of carbonyl (C=O) groups excluding carboxylic acids is 1. The second kappa shape index (κ2) is 1.94. The molecule has 0 aromatic rings. The van der Waals surface area contributed by atoms with Crippen LogP contribution in [0.15, 0.2) is 5.16 Å². The van der Waals surface area contributed by atoms with Gasteiger partial charge in [0.25, 0.3) is 0 Å². The lowest BCUT2D eigenvalue weighted by Gasteiger charge is -1.92. The molecule has 0 aromatic carbocycles. The Hall–Kier alpha value is -0.860. The third kappa shape index (κ3) is 0.857. The fourth-order valence-electron chi connectivity index (χ4n) is 0.596. The van der Waals surface area contributed by atoms with Crippen molar-refractivity contribution in [3.63, 3.8) is 0 Å². The van der Waals surface area contributed by atoms with Gasteiger partial charge in [0.2, 0.25) is 0 Å². The Kier molecular flexibility index (Phi) is 1.28. The molecular formula is C5H7NO2. The molecule has 8 heavy (non-hydrogen) atoms. The standard InChI is InChI=1S/C5H7NO2/c1-4-2-5(3-7)8-6-4/h3,5H,2H2,1H3/t5-/m1/s1. The number of oxime groups is 1. The number of hydrogen-bond acceptors (Lipinski definition) is 3. The van der Waals surface area contributed by atoms with E-state index in [1.54, 1.807) is 0 Å². The molecule has 0 unspecified atom stereocenters. The van der Waals surface area contributed by atoms with E-state index in [-0.39, 0.29) is 6.10 Å². The van der Waals surface area contributed by atoms with Crippen molar-refractivity contribution >= 4 is 12.0 Å². The molecule has 1 aliphatic rings. The van der Waals surface area contributed by atoms with E-state index >= 15 is 0 Å². The van der Waals surface area contributed by atoms with Crippen molar-refractivity contribution < 1.29 is 9.63 Å². The topological polar surface area (TPSA) is 38.7 Å². The van der Waals surface area contributed by atoms with Gasteiger partial charge in [0, 0.05) is 6.42 Å². The van der Waals surface area contributed by atoms with Crippen molar-refractivity contribution in [2.75, 3.05) is 0 Å². The fraction of sp³-hybridized carbons (Fsp3) is 0.600. The maximum absolute atomic E-state index is 9.95. The van der Waals surface area contributed by atoms with Gasteiger partial charge >= 0.3 is 0 Å². The quantitative estimate of drug-likeness (QED) is 0.460. The SMILES string of the molecule is CC1=NO[C@@H](C=O)C1. The lowest BCUT2D eigenvalue weighted by atomic mass is 10.2. The zero-order chi connectivity index (χ0) is 5.98. The Morgan fingerprint density at radius 3 is 3.00 bits per heavy atom. The lowest BCUT2D eigenvalue weighted by Crippen LogP contribution is -2.06. The highest BCUT2D eigenvalue weighted by Crippen LogP contribution is 2.06. The molecule has 3 nitrogen and oxygen atoms in total. The summed E-state index contributed by atoms with van der Waals surface area (Å²) in [4.78, 5) is 14.6. The molecule has 0 fully saturated rings. The first-order valence-electron chi connectivity index (χ1n) is 2.47. The van der Waals surface area contributed by atoms with E-state index in [2.05, 4.69) is 9.99 Å². The molecule has 0 spiro atoms. The van der Waals surface area contributed by atoms with Crippen LogP contribution in [-0.2, 0) is 9.63 Å². The van der Waals surface area contributed by atoms with Crippen LogP contribution in [0.2, 0.25) is 0 Å². The molecule has 1 aliphatic heterocycles. The first-order chi connectivity index (χ1) is 3.83. The molecule has 0 saturated carbocycles. The summed E-state index contributed by atoms with van der Waals surface area (Å²) >= 11 is 0. The molecule has 1 rings (SSSR count). The Labute approximate surface area is 47.3 Å². The van der Waals surface area contributed by atoms with E-state index in [9.17, 15) is 4.79 Å². The molecular weight excluding hydrogens is 106 g/mol. The first-order valence-corrected chi connectivity index (χ1v) is 2.47. The highest BCUT2D eigenvalue weighted by Gasteiger charge is 2.15. The third-order valence-corrected chi connectivity index (χ3v) is 0.992. The van der Waals surface area contributed by atoms with Crippen LogP contribution in [0.5, 0.6) is 0 Å². The Morgan fingerprint density at radius 2 is 2.75 bits per heavy atom. The number of hydrogen-bond donors (Lipinski definition) is 0. The molecule has 0 amide bonds. The number of aldehydes is 1. The first kappa shape index (κ1) is 5.28. The number of nitrogens with zero attached hydrogens (tertiary/aromatic N) is 1. The fourth-order valence-corrected chi connectivity index (χ4v) is 0.596. The van der Waals surface area contributed by atoms with Crippen molar-refractivity contribution in [1.29, 1.82) is 0 Å². The van der Waals surface area contributed by atoms with Crippen LogP contribution in [0.1, 0.15) is 13.3 Å². The summed E-state index contributed by atoms with van der Waals surface area (Å²) in [6, 6.07) is 0. The summed E-state index contributed by atoms with van der Waals surface area (Å²) in [6.07, 6.45) is 1.11. The summed E-state index contributed by atoms with van der Waals surface area (Å²) in [5.74, 6) is 0. The average Bonchev–Trinajstić information content (AvgIpc) is 2.14. The Balaban J connectivity index is 2.43. The minimum absolute atomic E-state index is 0.310. The predicted octanol–water partition coefficient (Wildman–Crippen LogP) is 0.350. The van der Waals surface area contributed by atoms with Crippen LogP contribution >= 0.6 is 0 Å². The van der Waals surface area contributed by atoms with E-state index < -0.39 is 0 Å². The Bertz CT molecular complexity index is 130. The van der Waals surface area contributed by atoms with Crippen LogP contribution in [-0.4, -0.2) is 18.1 Å². The summed E-state index contributed by atoms with van der Waals surface area (Å²) in [7, 11) is 0. The van der Waals surface area contributed by atoms with Crippen molar-refractivity contribution in [2.24, 2.45) is 5.16 Å². The van der Waals surface area contributed by atoms with E-state index in [1.165, 1.54) is 0 Å². The third-order valence-electron chi connectivity index (χ3n) is 0.992. The molecule has 3 heteroatoms. The molecule has 44 valence electrons. The van der Waals surface area contributed by atoms with E-state index in [1.807, 2.05) is 6.92 Å². The van der Waals surface area contributed by atoms with Crippen LogP contribution in [0.3, 0.4) is 0 Å². The smallest absolute Gasteiger partial charge is 0.187 e. The summed E-state index contributed by atoms with van der Waals surface area (Å²) < 4.78 is 0. The highest BCUT2D eigenvalue weighted by molar-refractivity contribution is 5.85. The monoisotopic (exact) mass is 113 g/mol. The number of carbonyl (C=O) groups is 1. The predicted molar refractivity (Wildman–Crippen MR) is 28.7 cm³/mol. The molecule has 0 aromatic heterocycles. The normalized spacial score (nSPS) is 26.6. The second-order valence-corrected chi connectivity index (χ2v) is 1.81. The molecule has 0 N–H and O–H groups in total. The van der Waals surface area contributed by atoms with Crippen molar-refractivity contribution in [3.05, 3.63) is 0 Å². The molecule has 1 atom stereocenters. The zero-order valence-electron chi connectivity index (χ0n) is 4.63. The van der Waals surface area contributed by atoms with Gasteiger partial charge in [-0.2, -0.15) is 0 Å². The van der Waals surface area contributed by atoms with E-state index in [4.69, 9.17) is 0 Å². The van der Waals surface area contributed by atoms with Crippen molar-refractivity contribution in [3.8, 4) is 0 Å². The average molecular weight is 113 g/mol. The summed E-state index contributed by atoms with van der Waals surface area (Å²) in [6.45, 7) is 1.84. The van der Waals surface area contributed by atoms with E-state index in [0.717, 1.165) is 12.0 Å². The van der Waals surface area contributed by atoms with Gasteiger partial charge in [0.05, 0.1) is 5.71 Å². The van der Waals surface area contributed by atoms with Crippen LogP contribution in [0, 0.1) is 0 Å². The van der Waals surface area contributed by atoms with Gasteiger partial charge in [0.1, 0.15) is 0 Å². The summed E-state index contributed by atoms with van der Waals surface area (Å²) in [5, 5.41) is 3.57. The zero-order valence-corrected chi connectivity index (χ0v) is 4.63. The van der Waals surface area contributed by atoms with Crippen molar-refractivity contribution in [1.82, 2.24) is 0 Å².